The normalized spacial score (nSPS) is 26.0. The molecule has 1 aromatic carbocycles. The van der Waals surface area contributed by atoms with Crippen LogP contribution in [-0.4, -0.2) is 51.0 Å². The van der Waals surface area contributed by atoms with Crippen molar-refractivity contribution in [3.05, 3.63) is 23.8 Å². The van der Waals surface area contributed by atoms with Gasteiger partial charge in [-0.25, -0.2) is 9.59 Å². The minimum atomic E-state index is -1.66. The number of aliphatic hydroxyl groups is 1. The van der Waals surface area contributed by atoms with Gasteiger partial charge in [-0.05, 0) is 39.0 Å². The standard InChI is InChI=1S/C18H22N2O7/c1-9(21)26-10-5-6-12-11(7-10)18(25)8-13(14(22)23)20(15(18)19-12)16(24)27-17(2,3)4/h5-7,13,15,19,25H,8H2,1-4H3,(H,22,23)/t13-,15?,18?/m0/s1. The summed E-state index contributed by atoms with van der Waals surface area (Å²) in [7, 11) is 0. The monoisotopic (exact) mass is 378 g/mol. The lowest BCUT2D eigenvalue weighted by Crippen LogP contribution is -2.51. The molecule has 0 aromatic heterocycles. The van der Waals surface area contributed by atoms with Crippen LogP contribution in [0, 0.1) is 0 Å². The number of carbonyl (C=O) groups excluding carboxylic acids is 2. The summed E-state index contributed by atoms with van der Waals surface area (Å²) in [5, 5.41) is 23.8. The molecule has 2 heterocycles. The molecular weight excluding hydrogens is 356 g/mol. The van der Waals surface area contributed by atoms with Crippen molar-refractivity contribution in [1.29, 1.82) is 0 Å². The summed E-state index contributed by atoms with van der Waals surface area (Å²) >= 11 is 0. The summed E-state index contributed by atoms with van der Waals surface area (Å²) < 4.78 is 10.4. The van der Waals surface area contributed by atoms with Crippen LogP contribution >= 0.6 is 0 Å². The Kier molecular flexibility index (Phi) is 4.30. The number of carboxylic acids is 1. The van der Waals surface area contributed by atoms with Crippen molar-refractivity contribution in [3.8, 4) is 5.75 Å². The molecule has 2 unspecified atom stereocenters. The maximum absolute atomic E-state index is 12.6. The Hall–Kier alpha value is -2.81. The van der Waals surface area contributed by atoms with Crippen molar-refractivity contribution >= 4 is 23.7 Å². The minimum Gasteiger partial charge on any atom is -0.480 e. The minimum absolute atomic E-state index is 0.222. The Morgan fingerprint density at radius 2 is 1.96 bits per heavy atom. The number of benzene rings is 1. The zero-order valence-electron chi connectivity index (χ0n) is 15.5. The van der Waals surface area contributed by atoms with E-state index in [1.54, 1.807) is 32.9 Å². The fourth-order valence-electron chi connectivity index (χ4n) is 3.50. The average molecular weight is 378 g/mol. The molecule has 9 nitrogen and oxygen atoms in total. The van der Waals surface area contributed by atoms with Crippen molar-refractivity contribution < 1.29 is 34.1 Å². The number of carbonyl (C=O) groups is 3. The molecule has 9 heteroatoms. The second-order valence-corrected chi connectivity index (χ2v) is 7.72. The Morgan fingerprint density at radius 3 is 2.52 bits per heavy atom. The Morgan fingerprint density at radius 1 is 1.30 bits per heavy atom. The van der Waals surface area contributed by atoms with E-state index in [0.29, 0.717) is 11.3 Å². The van der Waals surface area contributed by atoms with Crippen LogP contribution in [0.2, 0.25) is 0 Å². The number of rotatable bonds is 2. The molecule has 2 aliphatic rings. The van der Waals surface area contributed by atoms with E-state index in [0.717, 1.165) is 4.90 Å². The molecule has 3 atom stereocenters. The number of anilines is 1. The number of nitrogens with zero attached hydrogens (tertiary/aromatic N) is 1. The van der Waals surface area contributed by atoms with Gasteiger partial charge in [0, 0.05) is 24.6 Å². The molecule has 3 rings (SSSR count). The third-order valence-electron chi connectivity index (χ3n) is 4.47. The number of aliphatic carboxylic acids is 1. The number of hydrogen-bond donors (Lipinski definition) is 3. The first-order valence-corrected chi connectivity index (χ1v) is 8.48. The lowest BCUT2D eigenvalue weighted by Gasteiger charge is -2.31. The summed E-state index contributed by atoms with van der Waals surface area (Å²) in [5.74, 6) is -1.54. The first kappa shape index (κ1) is 19.0. The average Bonchev–Trinajstić information content (AvgIpc) is 2.94. The highest BCUT2D eigenvalue weighted by molar-refractivity contribution is 5.84. The second kappa shape index (κ2) is 6.12. The van der Waals surface area contributed by atoms with Crippen molar-refractivity contribution in [2.75, 3.05) is 5.32 Å². The summed E-state index contributed by atoms with van der Waals surface area (Å²) in [5.41, 5.74) is -1.60. The molecule has 1 fully saturated rings. The first-order valence-electron chi connectivity index (χ1n) is 8.48. The summed E-state index contributed by atoms with van der Waals surface area (Å²) in [6, 6.07) is 3.35. The van der Waals surface area contributed by atoms with Gasteiger partial charge in [-0.15, -0.1) is 0 Å². The van der Waals surface area contributed by atoms with Crippen LogP contribution in [-0.2, 0) is 19.9 Å². The van der Waals surface area contributed by atoms with Gasteiger partial charge in [0.2, 0.25) is 0 Å². The molecule has 0 saturated carbocycles. The van der Waals surface area contributed by atoms with E-state index in [9.17, 15) is 24.6 Å². The molecule has 0 aliphatic carbocycles. The second-order valence-electron chi connectivity index (χ2n) is 7.72. The molecule has 146 valence electrons. The Bertz CT molecular complexity index is 816. The molecule has 0 radical (unpaired) electrons. The van der Waals surface area contributed by atoms with Gasteiger partial charge in [-0.3, -0.25) is 9.69 Å². The van der Waals surface area contributed by atoms with Crippen LogP contribution < -0.4 is 10.1 Å². The summed E-state index contributed by atoms with van der Waals surface area (Å²) in [6.07, 6.45) is -2.08. The highest BCUT2D eigenvalue weighted by Crippen LogP contribution is 2.50. The van der Waals surface area contributed by atoms with Gasteiger partial charge in [0.25, 0.3) is 0 Å². The van der Waals surface area contributed by atoms with E-state index < -0.39 is 41.4 Å². The number of fused-ring (bicyclic) bond motifs is 3. The predicted octanol–water partition coefficient (Wildman–Crippen LogP) is 1.65. The van der Waals surface area contributed by atoms with Crippen LogP contribution in [0.3, 0.4) is 0 Å². The zero-order valence-corrected chi connectivity index (χ0v) is 15.5. The first-order chi connectivity index (χ1) is 12.4. The van der Waals surface area contributed by atoms with Crippen LogP contribution in [0.5, 0.6) is 5.75 Å². The quantitative estimate of drug-likeness (QED) is 0.524. The molecule has 2 aliphatic heterocycles. The van der Waals surface area contributed by atoms with Gasteiger partial charge < -0.3 is 25.0 Å². The third kappa shape index (κ3) is 3.30. The van der Waals surface area contributed by atoms with Crippen LogP contribution in [0.15, 0.2) is 18.2 Å². The topological polar surface area (TPSA) is 125 Å². The molecule has 27 heavy (non-hydrogen) atoms. The lowest BCUT2D eigenvalue weighted by atomic mass is 9.91. The lowest BCUT2D eigenvalue weighted by molar-refractivity contribution is -0.142. The highest BCUT2D eigenvalue weighted by atomic mass is 16.6. The van der Waals surface area contributed by atoms with Gasteiger partial charge in [0.1, 0.15) is 29.2 Å². The number of esters is 1. The third-order valence-corrected chi connectivity index (χ3v) is 4.47. The van der Waals surface area contributed by atoms with Gasteiger partial charge in [0.05, 0.1) is 0 Å². The number of amides is 1. The van der Waals surface area contributed by atoms with E-state index >= 15 is 0 Å². The molecule has 3 N–H and O–H groups in total. The van der Waals surface area contributed by atoms with E-state index in [4.69, 9.17) is 9.47 Å². The molecule has 1 saturated heterocycles. The van der Waals surface area contributed by atoms with Gasteiger partial charge in [0.15, 0.2) is 0 Å². The number of carboxylic acid groups (broad SMARTS) is 1. The smallest absolute Gasteiger partial charge is 0.412 e. The van der Waals surface area contributed by atoms with E-state index in [1.807, 2.05) is 0 Å². The number of ether oxygens (including phenoxy) is 2. The maximum atomic E-state index is 12.6. The van der Waals surface area contributed by atoms with E-state index in [1.165, 1.54) is 13.0 Å². The van der Waals surface area contributed by atoms with E-state index in [-0.39, 0.29) is 12.2 Å². The van der Waals surface area contributed by atoms with Crippen LogP contribution in [0.25, 0.3) is 0 Å². The SMILES string of the molecule is CC(=O)Oc1ccc2c(c1)C1(O)C[C@@H](C(=O)O)N(C(=O)OC(C)(C)C)C1N2. The van der Waals surface area contributed by atoms with Crippen molar-refractivity contribution in [2.24, 2.45) is 0 Å². The molecule has 1 aromatic rings. The number of likely N-dealkylation sites (tertiary alicyclic amines) is 1. The summed E-state index contributed by atoms with van der Waals surface area (Å²) in [4.78, 5) is 36.6. The number of hydrogen-bond acceptors (Lipinski definition) is 7. The molecule has 1 amide bonds. The van der Waals surface area contributed by atoms with Crippen molar-refractivity contribution in [3.63, 3.8) is 0 Å². The highest BCUT2D eigenvalue weighted by Gasteiger charge is 2.61. The molecule has 0 spiro atoms. The number of nitrogens with one attached hydrogen (secondary N) is 1. The maximum Gasteiger partial charge on any atom is 0.412 e. The Labute approximate surface area is 155 Å². The largest absolute Gasteiger partial charge is 0.480 e. The zero-order chi connectivity index (χ0) is 20.1. The van der Waals surface area contributed by atoms with Gasteiger partial charge in [-0.1, -0.05) is 0 Å². The van der Waals surface area contributed by atoms with Crippen molar-refractivity contribution in [2.45, 2.75) is 57.5 Å². The fraction of sp³-hybridized carbons (Fsp3) is 0.500. The molecule has 0 bridgehead atoms. The van der Waals surface area contributed by atoms with E-state index in [2.05, 4.69) is 5.32 Å². The van der Waals surface area contributed by atoms with Gasteiger partial charge >= 0.3 is 18.0 Å². The van der Waals surface area contributed by atoms with Gasteiger partial charge in [-0.2, -0.15) is 0 Å². The fourth-order valence-corrected chi connectivity index (χ4v) is 3.50. The van der Waals surface area contributed by atoms with Crippen LogP contribution in [0.4, 0.5) is 10.5 Å². The molecular formula is C18H22N2O7. The predicted molar refractivity (Wildman–Crippen MR) is 93.2 cm³/mol. The van der Waals surface area contributed by atoms with Crippen LogP contribution in [0.1, 0.15) is 39.7 Å². The van der Waals surface area contributed by atoms with Crippen molar-refractivity contribution in [1.82, 2.24) is 4.90 Å². The Balaban J connectivity index is 1.99. The summed E-state index contributed by atoms with van der Waals surface area (Å²) in [6.45, 7) is 6.27.